The van der Waals surface area contributed by atoms with E-state index in [1.165, 1.54) is 12.0 Å². The monoisotopic (exact) mass is 236 g/mol. The van der Waals surface area contributed by atoms with Crippen molar-refractivity contribution in [3.63, 3.8) is 0 Å². The Bertz CT molecular complexity index is 324. The first kappa shape index (κ1) is 12.7. The second kappa shape index (κ2) is 4.83. The lowest BCUT2D eigenvalue weighted by Gasteiger charge is -2.37. The molecule has 0 aromatic carbocycles. The smallest absolute Gasteiger partial charge is 0.309 e. The SMILES string of the molecule is CC1=CCC(C(C)(C)OC(=O)C2CCC2)CC1. The summed E-state index contributed by atoms with van der Waals surface area (Å²) >= 11 is 0. The molecule has 1 atom stereocenters. The van der Waals surface area contributed by atoms with Crippen molar-refractivity contribution in [3.8, 4) is 0 Å². The van der Waals surface area contributed by atoms with Crippen LogP contribution in [0.4, 0.5) is 0 Å². The Morgan fingerprint density at radius 2 is 2.06 bits per heavy atom. The van der Waals surface area contributed by atoms with Crippen LogP contribution in [0.3, 0.4) is 0 Å². The van der Waals surface area contributed by atoms with Crippen LogP contribution in [0.2, 0.25) is 0 Å². The van der Waals surface area contributed by atoms with Crippen LogP contribution in [0, 0.1) is 11.8 Å². The van der Waals surface area contributed by atoms with E-state index in [4.69, 9.17) is 4.74 Å². The van der Waals surface area contributed by atoms with Gasteiger partial charge in [-0.15, -0.1) is 0 Å². The van der Waals surface area contributed by atoms with Gasteiger partial charge < -0.3 is 4.74 Å². The van der Waals surface area contributed by atoms with E-state index in [0.717, 1.165) is 32.1 Å². The van der Waals surface area contributed by atoms with Crippen molar-refractivity contribution in [2.24, 2.45) is 11.8 Å². The minimum absolute atomic E-state index is 0.0347. The van der Waals surface area contributed by atoms with E-state index in [0.29, 0.717) is 5.92 Å². The Balaban J connectivity index is 1.91. The van der Waals surface area contributed by atoms with Gasteiger partial charge in [0.25, 0.3) is 0 Å². The molecule has 2 rings (SSSR count). The summed E-state index contributed by atoms with van der Waals surface area (Å²) < 4.78 is 5.75. The second-order valence-electron chi connectivity index (χ2n) is 6.17. The maximum atomic E-state index is 11.9. The maximum Gasteiger partial charge on any atom is 0.309 e. The number of hydrogen-bond acceptors (Lipinski definition) is 2. The van der Waals surface area contributed by atoms with Gasteiger partial charge in [-0.3, -0.25) is 4.79 Å². The number of ether oxygens (including phenoxy) is 1. The molecule has 0 bridgehead atoms. The van der Waals surface area contributed by atoms with Gasteiger partial charge in [0.2, 0.25) is 0 Å². The zero-order valence-electron chi connectivity index (χ0n) is 11.3. The third-order valence-corrected chi connectivity index (χ3v) is 4.42. The number of hydrogen-bond donors (Lipinski definition) is 0. The van der Waals surface area contributed by atoms with Crippen molar-refractivity contribution in [2.45, 2.75) is 64.9 Å². The highest BCUT2D eigenvalue weighted by atomic mass is 16.6. The van der Waals surface area contributed by atoms with E-state index in [9.17, 15) is 4.79 Å². The summed E-state index contributed by atoms with van der Waals surface area (Å²) in [5, 5.41) is 0. The van der Waals surface area contributed by atoms with Crippen LogP contribution >= 0.6 is 0 Å². The molecule has 17 heavy (non-hydrogen) atoms. The average Bonchev–Trinajstić information content (AvgIpc) is 2.14. The Hall–Kier alpha value is -0.790. The average molecular weight is 236 g/mol. The summed E-state index contributed by atoms with van der Waals surface area (Å²) in [4.78, 5) is 11.9. The van der Waals surface area contributed by atoms with E-state index < -0.39 is 0 Å². The first-order chi connectivity index (χ1) is 7.99. The zero-order chi connectivity index (χ0) is 12.5. The van der Waals surface area contributed by atoms with Crippen molar-refractivity contribution < 1.29 is 9.53 Å². The second-order valence-corrected chi connectivity index (χ2v) is 6.17. The van der Waals surface area contributed by atoms with Gasteiger partial charge in [-0.25, -0.2) is 0 Å². The van der Waals surface area contributed by atoms with Crippen LogP contribution in [0.1, 0.15) is 59.3 Å². The van der Waals surface area contributed by atoms with Gasteiger partial charge in [0, 0.05) is 5.92 Å². The van der Waals surface area contributed by atoms with E-state index in [-0.39, 0.29) is 17.5 Å². The molecule has 1 unspecified atom stereocenters. The van der Waals surface area contributed by atoms with Gasteiger partial charge in [0.15, 0.2) is 0 Å². The molecule has 0 saturated heterocycles. The van der Waals surface area contributed by atoms with Crippen LogP contribution < -0.4 is 0 Å². The van der Waals surface area contributed by atoms with Gasteiger partial charge in [0.05, 0.1) is 5.92 Å². The Morgan fingerprint density at radius 1 is 1.35 bits per heavy atom. The van der Waals surface area contributed by atoms with Crippen molar-refractivity contribution in [2.75, 3.05) is 0 Å². The van der Waals surface area contributed by atoms with E-state index in [2.05, 4.69) is 26.8 Å². The molecule has 2 aliphatic rings. The molecule has 0 heterocycles. The predicted octanol–water partition coefficient (Wildman–Crippen LogP) is 3.85. The molecule has 0 N–H and O–H groups in total. The Kier molecular flexibility index (Phi) is 3.60. The number of allylic oxidation sites excluding steroid dienone is 2. The molecule has 2 aliphatic carbocycles. The zero-order valence-corrected chi connectivity index (χ0v) is 11.3. The first-order valence-electron chi connectivity index (χ1n) is 6.87. The minimum atomic E-state index is -0.302. The summed E-state index contributed by atoms with van der Waals surface area (Å²) in [6, 6.07) is 0. The molecule has 2 heteroatoms. The molecular weight excluding hydrogens is 212 g/mol. The highest BCUT2D eigenvalue weighted by Crippen LogP contribution is 2.36. The fourth-order valence-electron chi connectivity index (χ4n) is 2.67. The minimum Gasteiger partial charge on any atom is -0.459 e. The van der Waals surface area contributed by atoms with Gasteiger partial charge in [-0.1, -0.05) is 18.1 Å². The highest BCUT2D eigenvalue weighted by molar-refractivity contribution is 5.73. The molecule has 0 radical (unpaired) electrons. The number of esters is 1. The standard InChI is InChI=1S/C15H24O2/c1-11-7-9-13(10-8-11)15(2,3)17-14(16)12-5-4-6-12/h7,12-13H,4-6,8-10H2,1-3H3. The molecule has 1 fully saturated rings. The van der Waals surface area contributed by atoms with Crippen molar-refractivity contribution in [1.29, 1.82) is 0 Å². The molecule has 0 spiro atoms. The van der Waals surface area contributed by atoms with Crippen LogP contribution in [0.15, 0.2) is 11.6 Å². The number of rotatable bonds is 3. The van der Waals surface area contributed by atoms with Crippen molar-refractivity contribution in [3.05, 3.63) is 11.6 Å². The lowest BCUT2D eigenvalue weighted by molar-refractivity contribution is -0.170. The largest absolute Gasteiger partial charge is 0.459 e. The van der Waals surface area contributed by atoms with Gasteiger partial charge in [-0.2, -0.15) is 0 Å². The van der Waals surface area contributed by atoms with E-state index in [1.54, 1.807) is 0 Å². The highest BCUT2D eigenvalue weighted by Gasteiger charge is 2.37. The number of carbonyl (C=O) groups is 1. The van der Waals surface area contributed by atoms with Crippen molar-refractivity contribution >= 4 is 5.97 Å². The lowest BCUT2D eigenvalue weighted by Crippen LogP contribution is -2.40. The van der Waals surface area contributed by atoms with Crippen LogP contribution in [-0.4, -0.2) is 11.6 Å². The fraction of sp³-hybridized carbons (Fsp3) is 0.800. The summed E-state index contributed by atoms with van der Waals surface area (Å²) in [5.74, 6) is 0.706. The van der Waals surface area contributed by atoms with Crippen LogP contribution in [0.5, 0.6) is 0 Å². The quantitative estimate of drug-likeness (QED) is 0.549. The summed E-state index contributed by atoms with van der Waals surface area (Å²) in [6.45, 7) is 6.33. The third kappa shape index (κ3) is 2.91. The van der Waals surface area contributed by atoms with Gasteiger partial charge >= 0.3 is 5.97 Å². The molecule has 0 aromatic rings. The summed E-state index contributed by atoms with van der Waals surface area (Å²) in [7, 11) is 0. The Labute approximate surface area is 104 Å². The topological polar surface area (TPSA) is 26.3 Å². The molecule has 0 aromatic heterocycles. The van der Waals surface area contributed by atoms with Crippen LogP contribution in [0.25, 0.3) is 0 Å². The fourth-order valence-corrected chi connectivity index (χ4v) is 2.67. The number of carbonyl (C=O) groups excluding carboxylic acids is 1. The third-order valence-electron chi connectivity index (χ3n) is 4.42. The Morgan fingerprint density at radius 3 is 2.53 bits per heavy atom. The van der Waals surface area contributed by atoms with Gasteiger partial charge in [0.1, 0.15) is 5.60 Å². The molecule has 0 aliphatic heterocycles. The molecular formula is C15H24O2. The first-order valence-corrected chi connectivity index (χ1v) is 6.87. The molecule has 96 valence electrons. The maximum absolute atomic E-state index is 11.9. The molecule has 2 nitrogen and oxygen atoms in total. The summed E-state index contributed by atoms with van der Waals surface area (Å²) in [6.07, 6.45) is 8.88. The van der Waals surface area contributed by atoms with Crippen molar-refractivity contribution in [1.82, 2.24) is 0 Å². The van der Waals surface area contributed by atoms with E-state index in [1.807, 2.05) is 0 Å². The summed E-state index contributed by atoms with van der Waals surface area (Å²) in [5.41, 5.74) is 1.17. The van der Waals surface area contributed by atoms with Crippen LogP contribution in [-0.2, 0) is 9.53 Å². The molecule has 1 saturated carbocycles. The normalized spacial score (nSPS) is 26.1. The van der Waals surface area contributed by atoms with Gasteiger partial charge in [-0.05, 0) is 52.9 Å². The van der Waals surface area contributed by atoms with E-state index >= 15 is 0 Å². The molecule has 0 amide bonds. The predicted molar refractivity (Wildman–Crippen MR) is 68.6 cm³/mol. The lowest BCUT2D eigenvalue weighted by atomic mass is 9.79.